The van der Waals surface area contributed by atoms with Crippen LogP contribution in [0.5, 0.6) is 5.75 Å². The van der Waals surface area contributed by atoms with Crippen LogP contribution in [0.25, 0.3) is 11.1 Å². The van der Waals surface area contributed by atoms with Gasteiger partial charge < -0.3 is 26.4 Å². The number of rotatable bonds is 6. The first-order chi connectivity index (χ1) is 16.6. The lowest BCUT2D eigenvalue weighted by Gasteiger charge is -2.09. The average Bonchev–Trinajstić information content (AvgIpc) is 2.85. The first kappa shape index (κ1) is 22.3. The Morgan fingerprint density at radius 1 is 0.824 bits per heavy atom. The van der Waals surface area contributed by atoms with Gasteiger partial charge in [0.1, 0.15) is 5.75 Å². The normalized spacial score (nSPS) is 10.9. The van der Waals surface area contributed by atoms with Crippen molar-refractivity contribution >= 4 is 34.9 Å². The van der Waals surface area contributed by atoms with Crippen LogP contribution in [0.1, 0.15) is 0 Å². The number of nitrogens with one attached hydrogen (secondary N) is 4. The lowest BCUT2D eigenvalue weighted by atomic mass is 10.1. The predicted octanol–water partition coefficient (Wildman–Crippen LogP) is 4.88. The summed E-state index contributed by atoms with van der Waals surface area (Å²) in [5.41, 5.74) is 10.0. The number of hydrogen-bond donors (Lipinski definition) is 4. The van der Waals surface area contributed by atoms with Gasteiger partial charge in [0.25, 0.3) is 0 Å². The van der Waals surface area contributed by atoms with Gasteiger partial charge in [-0.05, 0) is 53.0 Å². The van der Waals surface area contributed by atoms with Crippen molar-refractivity contribution in [2.45, 2.75) is 0 Å². The minimum atomic E-state index is -0.308. The Morgan fingerprint density at radius 3 is 2.32 bits per heavy atom. The number of para-hydroxylation sites is 3. The first-order valence-electron chi connectivity index (χ1n) is 10.6. The van der Waals surface area contributed by atoms with E-state index in [1.807, 2.05) is 97.2 Å². The van der Waals surface area contributed by atoms with Crippen molar-refractivity contribution < 1.29 is 14.5 Å². The highest BCUT2D eigenvalue weighted by Gasteiger charge is 2.10. The third-order valence-electron chi connectivity index (χ3n) is 4.89. The molecule has 6 N–H and O–H groups in total. The van der Waals surface area contributed by atoms with Gasteiger partial charge in [0.15, 0.2) is 0 Å². The van der Waals surface area contributed by atoms with Crippen molar-refractivity contribution in [1.82, 2.24) is 0 Å². The van der Waals surface area contributed by atoms with E-state index in [1.54, 1.807) is 7.11 Å². The fraction of sp³-hybridized carbons (Fsp3) is 0.0385. The molecular weight excluding hydrogens is 428 g/mol. The summed E-state index contributed by atoms with van der Waals surface area (Å²) in [6.07, 6.45) is 1.83. The zero-order valence-corrected chi connectivity index (χ0v) is 18.6. The fourth-order valence-corrected chi connectivity index (χ4v) is 3.30. The number of guanidine groups is 1. The van der Waals surface area contributed by atoms with Crippen LogP contribution in [-0.2, 0) is 0 Å². The van der Waals surface area contributed by atoms with Gasteiger partial charge in [-0.3, -0.25) is 0 Å². The van der Waals surface area contributed by atoms with Crippen LogP contribution in [0.3, 0.4) is 0 Å². The SMILES string of the molecule is COc1ccccc1NC(N)=Nc1ccc(-c2cccc(NC(=O)Nc3ccccc3)c2)c[nH+]1. The maximum atomic E-state index is 12.3. The Labute approximate surface area is 197 Å². The molecule has 0 saturated heterocycles. The number of urea groups is 1. The number of carbonyl (C=O) groups excluding carboxylic acids is 1. The lowest BCUT2D eigenvalue weighted by Crippen LogP contribution is -2.23. The van der Waals surface area contributed by atoms with Crippen molar-refractivity contribution in [1.29, 1.82) is 0 Å². The molecule has 0 saturated carbocycles. The van der Waals surface area contributed by atoms with Crippen molar-refractivity contribution in [2.24, 2.45) is 10.7 Å². The monoisotopic (exact) mass is 453 g/mol. The maximum absolute atomic E-state index is 12.3. The summed E-state index contributed by atoms with van der Waals surface area (Å²) in [5, 5.41) is 8.69. The Balaban J connectivity index is 1.42. The van der Waals surface area contributed by atoms with Gasteiger partial charge in [0.05, 0.1) is 19.0 Å². The summed E-state index contributed by atoms with van der Waals surface area (Å²) < 4.78 is 5.31. The third-order valence-corrected chi connectivity index (χ3v) is 4.89. The Kier molecular flexibility index (Phi) is 7.00. The molecule has 0 radical (unpaired) electrons. The summed E-state index contributed by atoms with van der Waals surface area (Å²) in [4.78, 5) is 19.8. The van der Waals surface area contributed by atoms with Crippen molar-refractivity contribution in [3.05, 3.63) is 97.2 Å². The number of methoxy groups -OCH3 is 1. The Hall–Kier alpha value is -4.85. The number of aromatic nitrogens is 1. The van der Waals surface area contributed by atoms with E-state index in [0.717, 1.165) is 22.5 Å². The number of aliphatic imine (C=N–C) groups is 1. The number of hydrogen-bond acceptors (Lipinski definition) is 3. The number of H-pyrrole nitrogens is 1. The number of nitrogens with two attached hydrogens (primary N) is 1. The molecule has 0 fully saturated rings. The van der Waals surface area contributed by atoms with Gasteiger partial charge >= 0.3 is 17.8 Å². The van der Waals surface area contributed by atoms with E-state index in [2.05, 4.69) is 25.9 Å². The van der Waals surface area contributed by atoms with Crippen LogP contribution in [0, 0.1) is 0 Å². The van der Waals surface area contributed by atoms with Gasteiger partial charge in [-0.1, -0.05) is 42.5 Å². The van der Waals surface area contributed by atoms with E-state index in [1.165, 1.54) is 0 Å². The molecule has 2 amide bonds. The maximum Gasteiger partial charge on any atom is 0.325 e. The van der Waals surface area contributed by atoms with Crippen LogP contribution in [0.2, 0.25) is 0 Å². The highest BCUT2D eigenvalue weighted by atomic mass is 16.5. The van der Waals surface area contributed by atoms with E-state index in [0.29, 0.717) is 17.3 Å². The molecule has 0 aliphatic heterocycles. The molecule has 3 aromatic carbocycles. The minimum Gasteiger partial charge on any atom is -0.495 e. The van der Waals surface area contributed by atoms with Crippen molar-refractivity contribution in [3.8, 4) is 16.9 Å². The number of benzene rings is 3. The predicted molar refractivity (Wildman–Crippen MR) is 135 cm³/mol. The lowest BCUT2D eigenvalue weighted by molar-refractivity contribution is -0.361. The van der Waals surface area contributed by atoms with Crippen molar-refractivity contribution in [3.63, 3.8) is 0 Å². The number of pyridine rings is 1. The highest BCUT2D eigenvalue weighted by Crippen LogP contribution is 2.24. The van der Waals surface area contributed by atoms with Gasteiger partial charge in [0.2, 0.25) is 0 Å². The van der Waals surface area contributed by atoms with Crippen LogP contribution in [-0.4, -0.2) is 19.1 Å². The molecule has 34 heavy (non-hydrogen) atoms. The van der Waals surface area contributed by atoms with Crippen LogP contribution < -0.4 is 31.4 Å². The largest absolute Gasteiger partial charge is 0.495 e. The van der Waals surface area contributed by atoms with Gasteiger partial charge in [0, 0.05) is 23.0 Å². The number of nitrogens with zero attached hydrogens (tertiary/aromatic N) is 1. The topological polar surface area (TPSA) is 115 Å². The van der Waals surface area contributed by atoms with E-state index in [-0.39, 0.29) is 12.0 Å². The van der Waals surface area contributed by atoms with Crippen LogP contribution in [0.4, 0.5) is 27.7 Å². The van der Waals surface area contributed by atoms with Crippen molar-refractivity contribution in [2.75, 3.05) is 23.1 Å². The molecule has 0 spiro atoms. The van der Waals surface area contributed by atoms with E-state index < -0.39 is 0 Å². The summed E-state index contributed by atoms with van der Waals surface area (Å²) in [6.45, 7) is 0. The fourth-order valence-electron chi connectivity index (χ4n) is 3.30. The van der Waals surface area contributed by atoms with Crippen LogP contribution >= 0.6 is 0 Å². The second-order valence-corrected chi connectivity index (χ2v) is 7.31. The molecular formula is C26H25N6O2+. The molecule has 170 valence electrons. The molecule has 4 rings (SSSR count). The van der Waals surface area contributed by atoms with E-state index >= 15 is 0 Å². The van der Waals surface area contributed by atoms with Gasteiger partial charge in [-0.25, -0.2) is 9.78 Å². The molecule has 0 aliphatic carbocycles. The molecule has 0 atom stereocenters. The minimum absolute atomic E-state index is 0.226. The first-order valence-corrected chi connectivity index (χ1v) is 10.6. The quantitative estimate of drug-likeness (QED) is 0.246. The Bertz CT molecular complexity index is 1290. The number of amides is 2. The van der Waals surface area contributed by atoms with Gasteiger partial charge in [-0.2, -0.15) is 0 Å². The third kappa shape index (κ3) is 5.89. The smallest absolute Gasteiger partial charge is 0.325 e. The molecule has 1 aromatic heterocycles. The molecule has 0 bridgehead atoms. The average molecular weight is 454 g/mol. The molecule has 8 nitrogen and oxygen atoms in total. The number of carbonyl (C=O) groups is 1. The van der Waals surface area contributed by atoms with Gasteiger partial charge in [-0.15, -0.1) is 0 Å². The second-order valence-electron chi connectivity index (χ2n) is 7.31. The number of ether oxygens (including phenoxy) is 1. The summed E-state index contributed by atoms with van der Waals surface area (Å²) in [6, 6.07) is 27.8. The summed E-state index contributed by atoms with van der Waals surface area (Å²) >= 11 is 0. The summed E-state index contributed by atoms with van der Waals surface area (Å²) in [7, 11) is 1.60. The number of aromatic amines is 1. The van der Waals surface area contributed by atoms with Crippen LogP contribution in [0.15, 0.2) is 102 Å². The standard InChI is InChI=1S/C26H24N6O2/c1-34-23-13-6-5-12-22(23)31-25(27)32-24-15-14-19(17-28-24)18-8-7-11-21(16-18)30-26(33)29-20-9-3-2-4-10-20/h2-17H,1H3,(H2,29,30,33)(H3,27,28,31,32)/p+1. The number of anilines is 3. The highest BCUT2D eigenvalue weighted by molar-refractivity contribution is 6.00. The molecule has 0 unspecified atom stereocenters. The van der Waals surface area contributed by atoms with E-state index in [9.17, 15) is 4.79 Å². The molecule has 0 aliphatic rings. The molecule has 8 heteroatoms. The van der Waals surface area contributed by atoms with E-state index in [4.69, 9.17) is 10.5 Å². The second kappa shape index (κ2) is 10.6. The summed E-state index contributed by atoms with van der Waals surface area (Å²) in [5.74, 6) is 1.48. The zero-order valence-electron chi connectivity index (χ0n) is 18.6. The Morgan fingerprint density at radius 2 is 1.56 bits per heavy atom. The zero-order chi connectivity index (χ0) is 23.8. The molecule has 4 aromatic rings. The molecule has 1 heterocycles.